The van der Waals surface area contributed by atoms with Gasteiger partial charge in [0.1, 0.15) is 5.82 Å². The zero-order valence-electron chi connectivity index (χ0n) is 9.88. The van der Waals surface area contributed by atoms with E-state index in [1.807, 2.05) is 0 Å². The summed E-state index contributed by atoms with van der Waals surface area (Å²) in [5.41, 5.74) is 0.549. The monoisotopic (exact) mass is 301 g/mol. The Kier molecular flexibility index (Phi) is 4.40. The molecular weight excluding hydrogens is 285 g/mol. The van der Waals surface area contributed by atoms with Gasteiger partial charge in [0, 0.05) is 11.6 Å². The number of halogens is 2. The zero-order chi connectivity index (χ0) is 12.3. The van der Waals surface area contributed by atoms with E-state index in [0.717, 1.165) is 17.3 Å². The van der Waals surface area contributed by atoms with Crippen LogP contribution in [0.3, 0.4) is 0 Å². The van der Waals surface area contributed by atoms with Gasteiger partial charge < -0.3 is 10.1 Å². The Hall–Kier alpha value is -0.610. The molecule has 94 valence electrons. The van der Waals surface area contributed by atoms with Gasteiger partial charge in [0.2, 0.25) is 0 Å². The Bertz CT molecular complexity index is 386. The highest BCUT2D eigenvalue weighted by Crippen LogP contribution is 2.27. The van der Waals surface area contributed by atoms with Gasteiger partial charge in [-0.25, -0.2) is 4.39 Å². The fourth-order valence-corrected chi connectivity index (χ4v) is 2.71. The number of ether oxygens (including phenoxy) is 1. The first kappa shape index (κ1) is 12.8. The van der Waals surface area contributed by atoms with E-state index in [0.29, 0.717) is 5.69 Å². The van der Waals surface area contributed by atoms with Gasteiger partial charge >= 0.3 is 0 Å². The van der Waals surface area contributed by atoms with Gasteiger partial charge in [-0.05, 0) is 31.0 Å². The Morgan fingerprint density at radius 2 is 2.12 bits per heavy atom. The Morgan fingerprint density at radius 1 is 1.35 bits per heavy atom. The quantitative estimate of drug-likeness (QED) is 0.912. The van der Waals surface area contributed by atoms with E-state index >= 15 is 0 Å². The Labute approximate surface area is 110 Å². The second kappa shape index (κ2) is 5.83. The van der Waals surface area contributed by atoms with Gasteiger partial charge in [0.15, 0.2) is 0 Å². The third-order valence-corrected chi connectivity index (χ3v) is 3.77. The summed E-state index contributed by atoms with van der Waals surface area (Å²) in [5.74, 6) is -0.214. The molecule has 0 amide bonds. The molecule has 1 aliphatic rings. The third-order valence-electron chi connectivity index (χ3n) is 3.27. The molecule has 2 rings (SSSR count). The minimum atomic E-state index is -0.214. The van der Waals surface area contributed by atoms with Gasteiger partial charge in [-0.3, -0.25) is 0 Å². The smallest absolute Gasteiger partial charge is 0.146 e. The SMILES string of the molecule is COC1CCCCC1Nc1cc(Br)ccc1F. The molecule has 1 saturated carbocycles. The predicted octanol–water partition coefficient (Wildman–Crippen LogP) is 3.96. The summed E-state index contributed by atoms with van der Waals surface area (Å²) in [6.07, 6.45) is 4.63. The van der Waals surface area contributed by atoms with Crippen molar-refractivity contribution in [3.05, 3.63) is 28.5 Å². The number of anilines is 1. The molecule has 0 spiro atoms. The first-order chi connectivity index (χ1) is 8.20. The van der Waals surface area contributed by atoms with Crippen LogP contribution in [0.2, 0.25) is 0 Å². The summed E-state index contributed by atoms with van der Waals surface area (Å²) in [5, 5.41) is 3.26. The van der Waals surface area contributed by atoms with Crippen molar-refractivity contribution in [2.75, 3.05) is 12.4 Å². The molecule has 0 saturated heterocycles. The minimum absolute atomic E-state index is 0.183. The fourth-order valence-electron chi connectivity index (χ4n) is 2.35. The van der Waals surface area contributed by atoms with Gasteiger partial charge in [0.05, 0.1) is 17.8 Å². The molecule has 4 heteroatoms. The van der Waals surface area contributed by atoms with E-state index in [1.54, 1.807) is 19.2 Å². The molecule has 0 aromatic heterocycles. The van der Waals surface area contributed by atoms with Crippen LogP contribution < -0.4 is 5.32 Å². The van der Waals surface area contributed by atoms with Gasteiger partial charge in [-0.2, -0.15) is 0 Å². The minimum Gasteiger partial charge on any atom is -0.379 e. The lowest BCUT2D eigenvalue weighted by molar-refractivity contribution is 0.0605. The Balaban J connectivity index is 2.10. The first-order valence-electron chi connectivity index (χ1n) is 5.95. The molecule has 1 fully saturated rings. The number of hydrogen-bond donors (Lipinski definition) is 1. The van der Waals surface area contributed by atoms with Crippen molar-refractivity contribution in [2.24, 2.45) is 0 Å². The van der Waals surface area contributed by atoms with Crippen LogP contribution >= 0.6 is 15.9 Å². The molecular formula is C13H17BrFNO. The lowest BCUT2D eigenvalue weighted by Crippen LogP contribution is -2.38. The topological polar surface area (TPSA) is 21.3 Å². The predicted molar refractivity (Wildman–Crippen MR) is 70.8 cm³/mol. The van der Waals surface area contributed by atoms with Gasteiger partial charge in [-0.1, -0.05) is 28.8 Å². The highest BCUT2D eigenvalue weighted by molar-refractivity contribution is 9.10. The van der Waals surface area contributed by atoms with Crippen molar-refractivity contribution >= 4 is 21.6 Å². The molecule has 17 heavy (non-hydrogen) atoms. The summed E-state index contributed by atoms with van der Waals surface area (Å²) < 4.78 is 20.0. The second-order valence-electron chi connectivity index (χ2n) is 4.43. The van der Waals surface area contributed by atoms with E-state index in [2.05, 4.69) is 21.2 Å². The van der Waals surface area contributed by atoms with Crippen molar-refractivity contribution < 1.29 is 9.13 Å². The van der Waals surface area contributed by atoms with Crippen molar-refractivity contribution in [1.82, 2.24) is 0 Å². The van der Waals surface area contributed by atoms with Crippen LogP contribution in [0.1, 0.15) is 25.7 Å². The number of hydrogen-bond acceptors (Lipinski definition) is 2. The van der Waals surface area contributed by atoms with Crippen molar-refractivity contribution in [1.29, 1.82) is 0 Å². The van der Waals surface area contributed by atoms with Crippen LogP contribution in [-0.4, -0.2) is 19.3 Å². The van der Waals surface area contributed by atoms with Crippen molar-refractivity contribution in [2.45, 2.75) is 37.8 Å². The summed E-state index contributed by atoms with van der Waals surface area (Å²) in [6.45, 7) is 0. The molecule has 1 aliphatic carbocycles. The second-order valence-corrected chi connectivity index (χ2v) is 5.35. The standard InChI is InChI=1S/C13H17BrFNO/c1-17-13-5-3-2-4-11(13)16-12-8-9(14)6-7-10(12)15/h6-8,11,13,16H,2-5H2,1H3. The molecule has 1 aromatic carbocycles. The molecule has 2 unspecified atom stereocenters. The molecule has 2 nitrogen and oxygen atoms in total. The first-order valence-corrected chi connectivity index (χ1v) is 6.74. The summed E-state index contributed by atoms with van der Waals surface area (Å²) in [6, 6.07) is 5.15. The Morgan fingerprint density at radius 3 is 2.88 bits per heavy atom. The fraction of sp³-hybridized carbons (Fsp3) is 0.538. The lowest BCUT2D eigenvalue weighted by Gasteiger charge is -2.31. The van der Waals surface area contributed by atoms with E-state index in [1.165, 1.54) is 18.9 Å². The molecule has 2 atom stereocenters. The highest BCUT2D eigenvalue weighted by Gasteiger charge is 2.25. The molecule has 0 radical (unpaired) electrons. The number of rotatable bonds is 3. The zero-order valence-corrected chi connectivity index (χ0v) is 11.5. The third kappa shape index (κ3) is 3.19. The maximum absolute atomic E-state index is 13.6. The molecule has 0 aliphatic heterocycles. The van der Waals surface area contributed by atoms with Crippen LogP contribution in [0.15, 0.2) is 22.7 Å². The van der Waals surface area contributed by atoms with Crippen LogP contribution in [0, 0.1) is 5.82 Å². The molecule has 0 heterocycles. The molecule has 1 aromatic rings. The molecule has 1 N–H and O–H groups in total. The van der Waals surface area contributed by atoms with Gasteiger partial charge in [0.25, 0.3) is 0 Å². The van der Waals surface area contributed by atoms with Crippen LogP contribution in [-0.2, 0) is 4.74 Å². The number of nitrogens with one attached hydrogen (secondary N) is 1. The summed E-state index contributed by atoms with van der Waals surface area (Å²) in [4.78, 5) is 0. The maximum Gasteiger partial charge on any atom is 0.146 e. The van der Waals surface area contributed by atoms with Crippen LogP contribution in [0.5, 0.6) is 0 Å². The normalized spacial score (nSPS) is 24.6. The van der Waals surface area contributed by atoms with Crippen LogP contribution in [0.4, 0.5) is 10.1 Å². The van der Waals surface area contributed by atoms with Crippen molar-refractivity contribution in [3.8, 4) is 0 Å². The van der Waals surface area contributed by atoms with E-state index in [-0.39, 0.29) is 18.0 Å². The highest BCUT2D eigenvalue weighted by atomic mass is 79.9. The maximum atomic E-state index is 13.6. The summed E-state index contributed by atoms with van der Waals surface area (Å²) in [7, 11) is 1.72. The van der Waals surface area contributed by atoms with E-state index < -0.39 is 0 Å². The van der Waals surface area contributed by atoms with E-state index in [4.69, 9.17) is 4.74 Å². The number of methoxy groups -OCH3 is 1. The van der Waals surface area contributed by atoms with Crippen molar-refractivity contribution in [3.63, 3.8) is 0 Å². The van der Waals surface area contributed by atoms with Crippen LogP contribution in [0.25, 0.3) is 0 Å². The largest absolute Gasteiger partial charge is 0.379 e. The van der Waals surface area contributed by atoms with Gasteiger partial charge in [-0.15, -0.1) is 0 Å². The summed E-state index contributed by atoms with van der Waals surface area (Å²) >= 11 is 3.36. The molecule has 0 bridgehead atoms. The average Bonchev–Trinajstić information content (AvgIpc) is 2.34. The van der Waals surface area contributed by atoms with E-state index in [9.17, 15) is 4.39 Å². The number of benzene rings is 1. The average molecular weight is 302 g/mol. The lowest BCUT2D eigenvalue weighted by atomic mass is 9.92.